The molecule has 0 spiro atoms. The standard InChI is InChI=1S/C7H17NO3P.Na/c1-6(2)10-12(9,8-5)11-7(3)4;/h6-7H,1-5H3;/q-1;+1. The van der Waals surface area contributed by atoms with Crippen LogP contribution in [0.25, 0.3) is 5.09 Å². The second-order valence-electron chi connectivity index (χ2n) is 2.98. The molecule has 0 aromatic carbocycles. The first-order valence-corrected chi connectivity index (χ1v) is 5.47. The van der Waals surface area contributed by atoms with Gasteiger partial charge in [0.1, 0.15) is 0 Å². The van der Waals surface area contributed by atoms with E-state index in [1.54, 1.807) is 27.7 Å². The molecule has 0 fully saturated rings. The maximum absolute atomic E-state index is 11.6. The van der Waals surface area contributed by atoms with Crippen molar-refractivity contribution in [2.45, 2.75) is 39.9 Å². The van der Waals surface area contributed by atoms with Crippen LogP contribution in [0.1, 0.15) is 27.7 Å². The Hall–Kier alpha value is 1.11. The summed E-state index contributed by atoms with van der Waals surface area (Å²) >= 11 is 0. The largest absolute Gasteiger partial charge is 1.00 e. The van der Waals surface area contributed by atoms with Gasteiger partial charge in [-0.2, -0.15) is 7.05 Å². The first-order chi connectivity index (χ1) is 5.39. The zero-order valence-corrected chi connectivity index (χ0v) is 12.2. The summed E-state index contributed by atoms with van der Waals surface area (Å²) in [5.74, 6) is 0. The number of nitrogens with zero attached hydrogens (tertiary/aromatic N) is 1. The van der Waals surface area contributed by atoms with Crippen LogP contribution in [0.2, 0.25) is 0 Å². The van der Waals surface area contributed by atoms with Crippen LogP contribution in [0.4, 0.5) is 0 Å². The van der Waals surface area contributed by atoms with Gasteiger partial charge in [0.2, 0.25) is 7.75 Å². The van der Waals surface area contributed by atoms with Gasteiger partial charge in [0.25, 0.3) is 0 Å². The molecule has 6 heteroatoms. The molecule has 0 aliphatic rings. The van der Waals surface area contributed by atoms with E-state index in [1.165, 1.54) is 7.05 Å². The van der Waals surface area contributed by atoms with Crippen molar-refractivity contribution in [3.05, 3.63) is 5.09 Å². The monoisotopic (exact) mass is 217 g/mol. The maximum Gasteiger partial charge on any atom is 1.00 e. The van der Waals surface area contributed by atoms with Crippen molar-refractivity contribution in [3.8, 4) is 0 Å². The van der Waals surface area contributed by atoms with Crippen molar-refractivity contribution < 1.29 is 43.2 Å². The van der Waals surface area contributed by atoms with Gasteiger partial charge in [-0.3, -0.25) is 4.57 Å². The summed E-state index contributed by atoms with van der Waals surface area (Å²) in [4.78, 5) is 0. The third-order valence-electron chi connectivity index (χ3n) is 0.933. The molecular formula is C7H17NNaO3P. The van der Waals surface area contributed by atoms with E-state index in [4.69, 9.17) is 9.05 Å². The maximum atomic E-state index is 11.6. The molecule has 0 N–H and O–H groups in total. The average molecular weight is 217 g/mol. The van der Waals surface area contributed by atoms with Crippen molar-refractivity contribution in [2.24, 2.45) is 0 Å². The van der Waals surface area contributed by atoms with Crippen LogP contribution in [-0.4, -0.2) is 19.3 Å². The Labute approximate surface area is 103 Å². The molecule has 74 valence electrons. The van der Waals surface area contributed by atoms with Gasteiger partial charge < -0.3 is 14.1 Å². The Morgan fingerprint density at radius 1 is 1.08 bits per heavy atom. The molecule has 4 nitrogen and oxygen atoms in total. The second kappa shape index (κ2) is 7.41. The minimum atomic E-state index is -3.19. The van der Waals surface area contributed by atoms with Crippen molar-refractivity contribution >= 4 is 7.75 Å². The number of hydrogen-bond donors (Lipinski definition) is 0. The zero-order valence-electron chi connectivity index (χ0n) is 9.27. The van der Waals surface area contributed by atoms with Crippen LogP contribution >= 0.6 is 7.75 Å². The van der Waals surface area contributed by atoms with Crippen LogP contribution in [0.3, 0.4) is 0 Å². The second-order valence-corrected chi connectivity index (χ2v) is 4.74. The molecule has 0 saturated carbocycles. The summed E-state index contributed by atoms with van der Waals surface area (Å²) in [6, 6.07) is 0. The van der Waals surface area contributed by atoms with Gasteiger partial charge in [0.15, 0.2) is 0 Å². The van der Waals surface area contributed by atoms with E-state index in [2.05, 4.69) is 5.09 Å². The molecule has 0 radical (unpaired) electrons. The molecule has 0 aliphatic carbocycles. The van der Waals surface area contributed by atoms with Crippen molar-refractivity contribution in [2.75, 3.05) is 7.05 Å². The van der Waals surface area contributed by atoms with Gasteiger partial charge in [-0.15, -0.1) is 0 Å². The van der Waals surface area contributed by atoms with Crippen LogP contribution < -0.4 is 29.6 Å². The van der Waals surface area contributed by atoms with Gasteiger partial charge in [0.05, 0.1) is 12.2 Å². The van der Waals surface area contributed by atoms with Crippen molar-refractivity contribution in [1.29, 1.82) is 0 Å². The molecule has 0 atom stereocenters. The molecule has 0 aliphatic heterocycles. The molecule has 0 aromatic rings. The van der Waals surface area contributed by atoms with E-state index >= 15 is 0 Å². The van der Waals surface area contributed by atoms with Crippen LogP contribution in [0.5, 0.6) is 0 Å². The molecule has 13 heavy (non-hydrogen) atoms. The fourth-order valence-corrected chi connectivity index (χ4v) is 1.96. The molecule has 0 heterocycles. The summed E-state index contributed by atoms with van der Waals surface area (Å²) in [5, 5.41) is 3.61. The Kier molecular flexibility index (Phi) is 9.42. The van der Waals surface area contributed by atoms with Crippen LogP contribution in [-0.2, 0) is 13.6 Å². The Morgan fingerprint density at radius 2 is 1.38 bits per heavy atom. The van der Waals surface area contributed by atoms with E-state index in [0.29, 0.717) is 0 Å². The van der Waals surface area contributed by atoms with Crippen molar-refractivity contribution in [3.63, 3.8) is 0 Å². The minimum Gasteiger partial charge on any atom is -0.558 e. The average Bonchev–Trinajstić information content (AvgIpc) is 1.83. The van der Waals surface area contributed by atoms with Gasteiger partial charge >= 0.3 is 29.6 Å². The third kappa shape index (κ3) is 8.13. The SMILES string of the molecule is C[N-]P(=O)(OC(C)C)OC(C)C.[Na+]. The number of hydrogen-bond acceptors (Lipinski definition) is 3. The summed E-state index contributed by atoms with van der Waals surface area (Å²) in [5.41, 5.74) is 0. The van der Waals surface area contributed by atoms with Gasteiger partial charge in [-0.1, -0.05) is 0 Å². The Morgan fingerprint density at radius 3 is 1.54 bits per heavy atom. The van der Waals surface area contributed by atoms with E-state index in [0.717, 1.165) is 0 Å². The normalized spacial score (nSPS) is 11.9. The van der Waals surface area contributed by atoms with E-state index in [1.807, 2.05) is 0 Å². The zero-order chi connectivity index (χ0) is 9.78. The van der Waals surface area contributed by atoms with Crippen molar-refractivity contribution in [1.82, 2.24) is 0 Å². The summed E-state index contributed by atoms with van der Waals surface area (Å²) in [7, 11) is -1.75. The predicted molar refractivity (Wildman–Crippen MR) is 49.3 cm³/mol. The van der Waals surface area contributed by atoms with Gasteiger partial charge in [-0.25, -0.2) is 0 Å². The fourth-order valence-electron chi connectivity index (χ4n) is 0.652. The summed E-state index contributed by atoms with van der Waals surface area (Å²) in [6.45, 7) is 7.17. The number of rotatable bonds is 5. The van der Waals surface area contributed by atoms with Gasteiger partial charge in [-0.05, 0) is 27.7 Å². The van der Waals surface area contributed by atoms with Crippen LogP contribution in [0, 0.1) is 0 Å². The van der Waals surface area contributed by atoms with E-state index < -0.39 is 7.75 Å². The first kappa shape index (κ1) is 16.5. The third-order valence-corrected chi connectivity index (χ3v) is 2.80. The van der Waals surface area contributed by atoms with E-state index in [-0.39, 0.29) is 41.8 Å². The van der Waals surface area contributed by atoms with Gasteiger partial charge in [0, 0.05) is 0 Å². The smallest absolute Gasteiger partial charge is 0.558 e. The Bertz CT molecular complexity index is 161. The molecule has 0 aromatic heterocycles. The summed E-state index contributed by atoms with van der Waals surface area (Å²) < 4.78 is 21.7. The minimum absolute atomic E-state index is 0. The predicted octanol–water partition coefficient (Wildman–Crippen LogP) is -0.0480. The molecule has 0 saturated heterocycles. The Balaban J connectivity index is 0. The first-order valence-electron chi connectivity index (χ1n) is 3.98. The fraction of sp³-hybridized carbons (Fsp3) is 1.00. The molecular weight excluding hydrogens is 200 g/mol. The molecule has 0 unspecified atom stereocenters. The quantitative estimate of drug-likeness (QED) is 0.479. The summed E-state index contributed by atoms with van der Waals surface area (Å²) in [6.07, 6.45) is -0.281. The topological polar surface area (TPSA) is 49.6 Å². The molecule has 0 rings (SSSR count). The molecule has 0 amide bonds. The van der Waals surface area contributed by atoms with Crippen LogP contribution in [0.15, 0.2) is 0 Å². The van der Waals surface area contributed by atoms with E-state index in [9.17, 15) is 4.57 Å². The molecule has 0 bridgehead atoms.